The average molecular weight is 275 g/mol. The number of nitrogens with one attached hydrogen (secondary N) is 2. The van der Waals surface area contributed by atoms with Crippen molar-refractivity contribution in [1.29, 1.82) is 0 Å². The number of H-pyrrole nitrogens is 1. The zero-order valence-electron chi connectivity index (χ0n) is 12.7. The molecule has 2 heterocycles. The highest BCUT2D eigenvalue weighted by Gasteiger charge is 2.05. The van der Waals surface area contributed by atoms with Crippen molar-refractivity contribution in [2.75, 3.05) is 11.9 Å². The third-order valence-corrected chi connectivity index (χ3v) is 3.49. The van der Waals surface area contributed by atoms with E-state index in [0.29, 0.717) is 0 Å². The molecule has 0 unspecified atom stereocenters. The number of aromatic amines is 1. The molecule has 5 nitrogen and oxygen atoms in total. The highest BCUT2D eigenvalue weighted by molar-refractivity contribution is 5.28. The second-order valence-corrected chi connectivity index (χ2v) is 5.30. The Morgan fingerprint density at radius 1 is 1.30 bits per heavy atom. The maximum absolute atomic E-state index is 4.55. The quantitative estimate of drug-likeness (QED) is 0.728. The zero-order valence-corrected chi connectivity index (χ0v) is 12.7. The van der Waals surface area contributed by atoms with Crippen molar-refractivity contribution in [3.63, 3.8) is 0 Å². The van der Waals surface area contributed by atoms with Crippen LogP contribution in [0.15, 0.2) is 12.4 Å². The Bertz CT molecular complexity index is 526. The van der Waals surface area contributed by atoms with Gasteiger partial charge in [0.1, 0.15) is 0 Å². The summed E-state index contributed by atoms with van der Waals surface area (Å²) in [5.74, 6) is 1.000. The van der Waals surface area contributed by atoms with Crippen LogP contribution in [0.3, 0.4) is 0 Å². The van der Waals surface area contributed by atoms with Crippen LogP contribution < -0.4 is 5.32 Å². The first-order valence-electron chi connectivity index (χ1n) is 7.47. The third kappa shape index (κ3) is 3.85. The van der Waals surface area contributed by atoms with Gasteiger partial charge in [-0.05, 0) is 38.7 Å². The van der Waals surface area contributed by atoms with Crippen molar-refractivity contribution in [3.05, 3.63) is 29.3 Å². The third-order valence-electron chi connectivity index (χ3n) is 3.49. The van der Waals surface area contributed by atoms with Gasteiger partial charge in [0, 0.05) is 25.0 Å². The van der Waals surface area contributed by atoms with Gasteiger partial charge in [0.05, 0.1) is 11.9 Å². The lowest BCUT2D eigenvalue weighted by atomic mass is 10.1. The summed E-state index contributed by atoms with van der Waals surface area (Å²) in [6.07, 6.45) is 8.57. The van der Waals surface area contributed by atoms with Crippen LogP contribution in [-0.2, 0) is 13.0 Å². The summed E-state index contributed by atoms with van der Waals surface area (Å²) < 4.78 is 2.22. The molecule has 0 saturated carbocycles. The molecule has 0 radical (unpaired) electrons. The molecule has 0 spiro atoms. The van der Waals surface area contributed by atoms with Crippen LogP contribution in [0.2, 0.25) is 0 Å². The fourth-order valence-corrected chi connectivity index (χ4v) is 2.29. The number of hydrogen-bond acceptors (Lipinski definition) is 3. The molecule has 0 saturated heterocycles. The van der Waals surface area contributed by atoms with Crippen molar-refractivity contribution in [2.24, 2.45) is 0 Å². The molecule has 0 aliphatic rings. The van der Waals surface area contributed by atoms with Gasteiger partial charge in [0.15, 0.2) is 0 Å². The minimum atomic E-state index is 0.938. The molecule has 0 aromatic carbocycles. The number of unbranched alkanes of at least 4 members (excludes halogenated alkanes) is 1. The first-order valence-corrected chi connectivity index (χ1v) is 7.47. The number of anilines is 1. The number of rotatable bonds is 8. The fourth-order valence-electron chi connectivity index (χ4n) is 2.29. The molecule has 0 fully saturated rings. The van der Waals surface area contributed by atoms with Crippen molar-refractivity contribution < 1.29 is 0 Å². The molecule has 0 bridgehead atoms. The SMILES string of the molecule is CCCCn1cc(C)nc1NCCCc1cn[nH]c1C. The van der Waals surface area contributed by atoms with Crippen LogP contribution in [0.1, 0.15) is 43.1 Å². The molecule has 20 heavy (non-hydrogen) atoms. The van der Waals surface area contributed by atoms with E-state index < -0.39 is 0 Å². The Kier molecular flexibility index (Phi) is 5.21. The number of nitrogens with zero attached hydrogens (tertiary/aromatic N) is 3. The molecule has 5 heteroatoms. The van der Waals surface area contributed by atoms with Crippen LogP contribution >= 0.6 is 0 Å². The predicted octanol–water partition coefficient (Wildman–Crippen LogP) is 3.07. The van der Waals surface area contributed by atoms with Gasteiger partial charge in [-0.1, -0.05) is 13.3 Å². The van der Waals surface area contributed by atoms with Crippen LogP contribution in [0.4, 0.5) is 5.95 Å². The molecule has 0 aliphatic carbocycles. The number of hydrogen-bond donors (Lipinski definition) is 2. The van der Waals surface area contributed by atoms with Gasteiger partial charge in [0.2, 0.25) is 5.95 Å². The minimum absolute atomic E-state index is 0.938. The van der Waals surface area contributed by atoms with Gasteiger partial charge < -0.3 is 9.88 Å². The van der Waals surface area contributed by atoms with Crippen molar-refractivity contribution in [1.82, 2.24) is 19.7 Å². The first kappa shape index (κ1) is 14.6. The van der Waals surface area contributed by atoms with Crippen LogP contribution in [0.5, 0.6) is 0 Å². The average Bonchev–Trinajstić information content (AvgIpc) is 2.98. The number of aryl methyl sites for hydroxylation is 4. The lowest BCUT2D eigenvalue weighted by Crippen LogP contribution is -2.09. The molecule has 0 amide bonds. The van der Waals surface area contributed by atoms with Crippen molar-refractivity contribution in [3.8, 4) is 0 Å². The molecular formula is C15H25N5. The number of imidazole rings is 1. The van der Waals surface area contributed by atoms with Gasteiger partial charge in [-0.25, -0.2) is 4.98 Å². The highest BCUT2D eigenvalue weighted by atomic mass is 15.2. The van der Waals surface area contributed by atoms with E-state index >= 15 is 0 Å². The molecule has 2 rings (SSSR count). The molecule has 110 valence electrons. The number of aromatic nitrogens is 4. The van der Waals surface area contributed by atoms with Gasteiger partial charge in [-0.3, -0.25) is 5.10 Å². The van der Waals surface area contributed by atoms with Crippen molar-refractivity contribution in [2.45, 2.75) is 53.0 Å². The van der Waals surface area contributed by atoms with E-state index in [2.05, 4.69) is 45.1 Å². The van der Waals surface area contributed by atoms with E-state index in [0.717, 1.165) is 37.6 Å². The standard InChI is InChI=1S/C15H25N5/c1-4-5-9-20-11-12(2)18-15(20)16-8-6-7-14-10-17-19-13(14)3/h10-11H,4-9H2,1-3H3,(H,16,18)(H,17,19). The summed E-state index contributed by atoms with van der Waals surface area (Å²) in [4.78, 5) is 4.55. The monoisotopic (exact) mass is 275 g/mol. The molecular weight excluding hydrogens is 250 g/mol. The van der Waals surface area contributed by atoms with E-state index in [-0.39, 0.29) is 0 Å². The van der Waals surface area contributed by atoms with E-state index in [4.69, 9.17) is 0 Å². The van der Waals surface area contributed by atoms with Gasteiger partial charge >= 0.3 is 0 Å². The highest BCUT2D eigenvalue weighted by Crippen LogP contribution is 2.11. The minimum Gasteiger partial charge on any atom is -0.356 e. The Hall–Kier alpha value is -1.78. The largest absolute Gasteiger partial charge is 0.356 e. The maximum Gasteiger partial charge on any atom is 0.203 e. The fraction of sp³-hybridized carbons (Fsp3) is 0.600. The summed E-state index contributed by atoms with van der Waals surface area (Å²) >= 11 is 0. The lowest BCUT2D eigenvalue weighted by molar-refractivity contribution is 0.633. The van der Waals surface area contributed by atoms with E-state index in [1.807, 2.05) is 13.1 Å². The molecule has 2 aromatic heterocycles. The second kappa shape index (κ2) is 7.12. The Morgan fingerprint density at radius 2 is 2.15 bits per heavy atom. The van der Waals surface area contributed by atoms with E-state index in [9.17, 15) is 0 Å². The summed E-state index contributed by atoms with van der Waals surface area (Å²) in [5.41, 5.74) is 3.55. The molecule has 0 atom stereocenters. The van der Waals surface area contributed by atoms with E-state index in [1.54, 1.807) is 0 Å². The summed E-state index contributed by atoms with van der Waals surface area (Å²) in [7, 11) is 0. The predicted molar refractivity (Wildman–Crippen MR) is 82.0 cm³/mol. The van der Waals surface area contributed by atoms with Gasteiger partial charge in [0.25, 0.3) is 0 Å². The smallest absolute Gasteiger partial charge is 0.203 e. The van der Waals surface area contributed by atoms with Crippen LogP contribution in [0.25, 0.3) is 0 Å². The summed E-state index contributed by atoms with van der Waals surface area (Å²) in [6.45, 7) is 8.30. The second-order valence-electron chi connectivity index (χ2n) is 5.30. The van der Waals surface area contributed by atoms with Crippen molar-refractivity contribution >= 4 is 5.95 Å². The van der Waals surface area contributed by atoms with E-state index in [1.165, 1.54) is 24.1 Å². The van der Waals surface area contributed by atoms with Crippen LogP contribution in [0, 0.1) is 13.8 Å². The topological polar surface area (TPSA) is 58.5 Å². The molecule has 2 aromatic rings. The van der Waals surface area contributed by atoms with Crippen LogP contribution in [-0.4, -0.2) is 26.3 Å². The summed E-state index contributed by atoms with van der Waals surface area (Å²) in [5, 5.41) is 10.5. The van der Waals surface area contributed by atoms with Gasteiger partial charge in [-0.15, -0.1) is 0 Å². The first-order chi connectivity index (χ1) is 9.70. The Balaban J connectivity index is 1.80. The molecule has 2 N–H and O–H groups in total. The van der Waals surface area contributed by atoms with Gasteiger partial charge in [-0.2, -0.15) is 5.10 Å². The lowest BCUT2D eigenvalue weighted by Gasteiger charge is -2.09. The molecule has 0 aliphatic heterocycles. The maximum atomic E-state index is 4.55. The zero-order chi connectivity index (χ0) is 14.4. The Morgan fingerprint density at radius 3 is 2.85 bits per heavy atom. The Labute approximate surface area is 120 Å². The summed E-state index contributed by atoms with van der Waals surface area (Å²) in [6, 6.07) is 0. The normalized spacial score (nSPS) is 10.9.